The first-order chi connectivity index (χ1) is 23.3. The van der Waals surface area contributed by atoms with Gasteiger partial charge in [0.25, 0.3) is 0 Å². The summed E-state index contributed by atoms with van der Waals surface area (Å²) in [4.78, 5) is 7.07. The highest BCUT2D eigenvalue weighted by Crippen LogP contribution is 2.42. The van der Waals surface area contributed by atoms with Gasteiger partial charge in [-0.2, -0.15) is 0 Å². The minimum atomic E-state index is 0.590. The molecule has 0 aliphatic heterocycles. The molecule has 4 nitrogen and oxygen atoms in total. The van der Waals surface area contributed by atoms with Crippen molar-refractivity contribution in [2.45, 2.75) is 0 Å². The van der Waals surface area contributed by atoms with Crippen LogP contribution in [0.2, 0.25) is 0 Å². The van der Waals surface area contributed by atoms with Crippen LogP contribution in [-0.2, 0) is 0 Å². The smallest absolute Gasteiger partial charge is 0.228 e. The second-order valence-corrected chi connectivity index (χ2v) is 11.6. The summed E-state index contributed by atoms with van der Waals surface area (Å²) in [5, 5.41) is 2.03. The molecule has 0 aliphatic rings. The fourth-order valence-corrected chi connectivity index (χ4v) is 6.49. The molecule has 0 aliphatic carbocycles. The molecule has 9 aromatic rings. The van der Waals surface area contributed by atoms with Gasteiger partial charge in [0.05, 0.1) is 0 Å². The van der Waals surface area contributed by atoms with Gasteiger partial charge in [0.1, 0.15) is 16.7 Å². The van der Waals surface area contributed by atoms with Crippen LogP contribution in [0.25, 0.3) is 66.7 Å². The molecule has 0 unspecified atom stereocenters. The van der Waals surface area contributed by atoms with E-state index in [4.69, 9.17) is 13.8 Å². The lowest BCUT2D eigenvalue weighted by Crippen LogP contribution is -2.09. The van der Waals surface area contributed by atoms with Gasteiger partial charge < -0.3 is 13.7 Å². The van der Waals surface area contributed by atoms with E-state index in [1.165, 1.54) is 11.1 Å². The van der Waals surface area contributed by atoms with Gasteiger partial charge in [-0.15, -0.1) is 0 Å². The molecular formula is C43H28N2O2. The van der Waals surface area contributed by atoms with Crippen LogP contribution in [0.15, 0.2) is 179 Å². The number of hydrogen-bond acceptors (Lipinski definition) is 4. The van der Waals surface area contributed by atoms with Crippen molar-refractivity contribution in [2.24, 2.45) is 0 Å². The van der Waals surface area contributed by atoms with Crippen molar-refractivity contribution in [1.29, 1.82) is 0 Å². The summed E-state index contributed by atoms with van der Waals surface area (Å²) in [7, 11) is 0. The quantitative estimate of drug-likeness (QED) is 0.189. The Bertz CT molecular complexity index is 2460. The Hall–Kier alpha value is -6.39. The number of nitrogens with zero attached hydrogens (tertiary/aromatic N) is 2. The number of aromatic nitrogens is 1. The maximum Gasteiger partial charge on any atom is 0.228 e. The third-order valence-electron chi connectivity index (χ3n) is 8.73. The van der Waals surface area contributed by atoms with Crippen LogP contribution in [0, 0.1) is 0 Å². The molecule has 2 aromatic heterocycles. The number of oxazole rings is 1. The molecule has 0 atom stereocenters. The van der Waals surface area contributed by atoms with E-state index < -0.39 is 0 Å². The maximum atomic E-state index is 6.56. The predicted molar refractivity (Wildman–Crippen MR) is 192 cm³/mol. The number of furan rings is 1. The third-order valence-corrected chi connectivity index (χ3v) is 8.73. The Morgan fingerprint density at radius 3 is 1.72 bits per heavy atom. The van der Waals surface area contributed by atoms with Crippen LogP contribution < -0.4 is 4.90 Å². The minimum absolute atomic E-state index is 0.590. The molecule has 0 fully saturated rings. The molecule has 0 saturated carbocycles. The Balaban J connectivity index is 1.11. The van der Waals surface area contributed by atoms with Crippen molar-refractivity contribution in [3.05, 3.63) is 170 Å². The van der Waals surface area contributed by atoms with Crippen LogP contribution in [0.3, 0.4) is 0 Å². The second kappa shape index (κ2) is 11.2. The standard InChI is InChI=1S/C43H28N2O2/c1-3-11-29(12-4-1)30-21-25-33(26-22-30)45(32-13-5-2-6-14-32)34-27-23-31(24-28-34)35-15-9-16-36-41-37(17-10-20-40(41)46-42(35)36)43-44-38-18-7-8-19-39(38)47-43/h1-28H. The lowest BCUT2D eigenvalue weighted by Gasteiger charge is -2.26. The number of benzene rings is 7. The summed E-state index contributed by atoms with van der Waals surface area (Å²) >= 11 is 0. The van der Waals surface area contributed by atoms with E-state index in [0.29, 0.717) is 5.89 Å². The fourth-order valence-electron chi connectivity index (χ4n) is 6.49. The van der Waals surface area contributed by atoms with Crippen LogP contribution in [-0.4, -0.2) is 4.98 Å². The third kappa shape index (κ3) is 4.75. The zero-order valence-corrected chi connectivity index (χ0v) is 25.4. The Morgan fingerprint density at radius 1 is 0.404 bits per heavy atom. The number of para-hydroxylation sites is 4. The second-order valence-electron chi connectivity index (χ2n) is 11.6. The molecule has 0 amide bonds. The van der Waals surface area contributed by atoms with Crippen molar-refractivity contribution in [3.63, 3.8) is 0 Å². The van der Waals surface area contributed by atoms with E-state index in [2.05, 4.69) is 120 Å². The molecule has 222 valence electrons. The van der Waals surface area contributed by atoms with Crippen LogP contribution >= 0.6 is 0 Å². The molecule has 47 heavy (non-hydrogen) atoms. The highest BCUT2D eigenvalue weighted by molar-refractivity contribution is 6.15. The molecular weight excluding hydrogens is 576 g/mol. The lowest BCUT2D eigenvalue weighted by atomic mass is 10.00. The molecule has 0 N–H and O–H groups in total. The zero-order valence-electron chi connectivity index (χ0n) is 25.4. The summed E-state index contributed by atoms with van der Waals surface area (Å²) in [5.74, 6) is 0.590. The van der Waals surface area contributed by atoms with E-state index in [9.17, 15) is 0 Å². The first kappa shape index (κ1) is 27.0. The summed E-state index contributed by atoms with van der Waals surface area (Å²) < 4.78 is 12.7. The number of rotatable bonds is 6. The van der Waals surface area contributed by atoms with E-state index in [1.54, 1.807) is 0 Å². The first-order valence-corrected chi connectivity index (χ1v) is 15.7. The Kier molecular flexibility index (Phi) is 6.43. The summed E-state index contributed by atoms with van der Waals surface area (Å²) in [6, 6.07) is 58.6. The van der Waals surface area contributed by atoms with Gasteiger partial charge >= 0.3 is 0 Å². The number of hydrogen-bond donors (Lipinski definition) is 0. The normalized spacial score (nSPS) is 11.4. The van der Waals surface area contributed by atoms with E-state index >= 15 is 0 Å². The molecule has 4 heteroatoms. The SMILES string of the molecule is c1ccc(-c2ccc(N(c3ccccc3)c3ccc(-c4cccc5c4oc4cccc(-c6nc7ccccc7o6)c45)cc3)cc2)cc1. The predicted octanol–water partition coefficient (Wildman–Crippen LogP) is 12.2. The van der Waals surface area contributed by atoms with Gasteiger partial charge in [-0.25, -0.2) is 4.98 Å². The van der Waals surface area contributed by atoms with Crippen LogP contribution in [0.5, 0.6) is 0 Å². The monoisotopic (exact) mass is 604 g/mol. The summed E-state index contributed by atoms with van der Waals surface area (Å²) in [5.41, 5.74) is 11.9. The Morgan fingerprint density at radius 2 is 0.979 bits per heavy atom. The summed E-state index contributed by atoms with van der Waals surface area (Å²) in [6.07, 6.45) is 0. The average Bonchev–Trinajstić information content (AvgIpc) is 3.75. The molecule has 0 saturated heterocycles. The molecule has 2 heterocycles. The van der Waals surface area contributed by atoms with Gasteiger partial charge in [-0.3, -0.25) is 0 Å². The van der Waals surface area contributed by atoms with Gasteiger partial charge in [-0.1, -0.05) is 109 Å². The van der Waals surface area contributed by atoms with Crippen molar-refractivity contribution >= 4 is 50.1 Å². The molecule has 0 bridgehead atoms. The van der Waals surface area contributed by atoms with E-state index in [0.717, 1.165) is 66.8 Å². The van der Waals surface area contributed by atoms with E-state index in [-0.39, 0.29) is 0 Å². The van der Waals surface area contributed by atoms with Gasteiger partial charge in [0, 0.05) is 39.0 Å². The minimum Gasteiger partial charge on any atom is -0.455 e. The van der Waals surface area contributed by atoms with Crippen molar-refractivity contribution in [2.75, 3.05) is 4.90 Å². The van der Waals surface area contributed by atoms with Crippen LogP contribution in [0.1, 0.15) is 0 Å². The molecule has 9 rings (SSSR count). The average molecular weight is 605 g/mol. The highest BCUT2D eigenvalue weighted by Gasteiger charge is 2.19. The topological polar surface area (TPSA) is 42.4 Å². The zero-order chi connectivity index (χ0) is 31.2. The van der Waals surface area contributed by atoms with Gasteiger partial charge in [0.2, 0.25) is 5.89 Å². The first-order valence-electron chi connectivity index (χ1n) is 15.7. The molecule has 0 radical (unpaired) electrons. The summed E-state index contributed by atoms with van der Waals surface area (Å²) in [6.45, 7) is 0. The number of fused-ring (bicyclic) bond motifs is 4. The fraction of sp³-hybridized carbons (Fsp3) is 0. The maximum absolute atomic E-state index is 6.56. The van der Waals surface area contributed by atoms with Crippen molar-refractivity contribution in [1.82, 2.24) is 4.98 Å². The number of anilines is 3. The Labute approximate surface area is 271 Å². The van der Waals surface area contributed by atoms with Crippen LogP contribution in [0.4, 0.5) is 17.1 Å². The van der Waals surface area contributed by atoms with Gasteiger partial charge in [0.15, 0.2) is 5.58 Å². The van der Waals surface area contributed by atoms with Gasteiger partial charge in [-0.05, 0) is 77.4 Å². The molecule has 7 aromatic carbocycles. The van der Waals surface area contributed by atoms with Crippen molar-refractivity contribution < 1.29 is 8.83 Å². The molecule has 0 spiro atoms. The lowest BCUT2D eigenvalue weighted by molar-refractivity contribution is 0.620. The highest BCUT2D eigenvalue weighted by atomic mass is 16.3. The largest absolute Gasteiger partial charge is 0.455 e. The van der Waals surface area contributed by atoms with E-state index in [1.807, 2.05) is 54.6 Å². The van der Waals surface area contributed by atoms with Crippen molar-refractivity contribution in [3.8, 4) is 33.7 Å².